The summed E-state index contributed by atoms with van der Waals surface area (Å²) in [5.41, 5.74) is 1.32. The summed E-state index contributed by atoms with van der Waals surface area (Å²) in [6, 6.07) is 3.24. The van der Waals surface area contributed by atoms with Crippen LogP contribution in [0.4, 0.5) is 0 Å². The van der Waals surface area contributed by atoms with Crippen LogP contribution in [0.3, 0.4) is 0 Å². The van der Waals surface area contributed by atoms with Crippen molar-refractivity contribution in [2.75, 3.05) is 13.7 Å². The van der Waals surface area contributed by atoms with Crippen LogP contribution in [0.25, 0.3) is 0 Å². The molecule has 0 N–H and O–H groups in total. The van der Waals surface area contributed by atoms with Gasteiger partial charge in [-0.25, -0.2) is 8.42 Å². The highest BCUT2D eigenvalue weighted by atomic mass is 35.7. The first-order valence-electron chi connectivity index (χ1n) is 5.97. The lowest BCUT2D eigenvalue weighted by atomic mass is 10.1. The lowest BCUT2D eigenvalue weighted by Crippen LogP contribution is -2.15. The molecule has 0 aromatic heterocycles. The quantitative estimate of drug-likeness (QED) is 0.758. The van der Waals surface area contributed by atoms with Gasteiger partial charge in [-0.3, -0.25) is 0 Å². The minimum absolute atomic E-state index is 0.00323. The molecule has 1 unspecified atom stereocenters. The summed E-state index contributed by atoms with van der Waals surface area (Å²) >= 11 is 0. The average Bonchev–Trinajstić information content (AvgIpc) is 2.29. The first-order chi connectivity index (χ1) is 8.75. The van der Waals surface area contributed by atoms with Gasteiger partial charge in [0.05, 0.1) is 11.0 Å². The zero-order valence-electron chi connectivity index (χ0n) is 11.6. The fourth-order valence-electron chi connectivity index (χ4n) is 1.71. The molecule has 0 saturated carbocycles. The third-order valence-electron chi connectivity index (χ3n) is 2.79. The lowest BCUT2D eigenvalue weighted by molar-refractivity contribution is 0.134. The fourth-order valence-corrected chi connectivity index (χ4v) is 2.97. The van der Waals surface area contributed by atoms with Gasteiger partial charge in [0, 0.05) is 30.8 Å². The highest BCUT2D eigenvalue weighted by Crippen LogP contribution is 2.28. The molecule has 19 heavy (non-hydrogen) atoms. The highest BCUT2D eigenvalue weighted by molar-refractivity contribution is 8.13. The Morgan fingerprint density at radius 2 is 1.89 bits per heavy atom. The van der Waals surface area contributed by atoms with Crippen molar-refractivity contribution >= 4 is 19.7 Å². The van der Waals surface area contributed by atoms with Gasteiger partial charge in [-0.05, 0) is 44.0 Å². The molecular weight excluding hydrogens is 288 g/mol. The normalized spacial score (nSPS) is 13.3. The smallest absolute Gasteiger partial charge is 0.261 e. The number of benzene rings is 1. The summed E-state index contributed by atoms with van der Waals surface area (Å²) in [5, 5.41) is 0. The zero-order valence-corrected chi connectivity index (χ0v) is 13.1. The molecule has 0 aliphatic carbocycles. The van der Waals surface area contributed by atoms with E-state index in [-0.39, 0.29) is 11.0 Å². The van der Waals surface area contributed by atoms with Crippen LogP contribution in [0.15, 0.2) is 17.0 Å². The Balaban J connectivity index is 2.97. The predicted molar refractivity (Wildman–Crippen MR) is 75.5 cm³/mol. The van der Waals surface area contributed by atoms with Gasteiger partial charge in [-0.1, -0.05) is 0 Å². The van der Waals surface area contributed by atoms with Crippen molar-refractivity contribution in [3.05, 3.63) is 23.3 Å². The van der Waals surface area contributed by atoms with Crippen molar-refractivity contribution in [1.82, 2.24) is 0 Å². The molecule has 0 amide bonds. The first-order valence-corrected chi connectivity index (χ1v) is 8.28. The SMILES string of the molecule is COCCC(C)Oc1cc(C)c(S(=O)(=O)Cl)cc1C. The Morgan fingerprint density at radius 3 is 2.42 bits per heavy atom. The Bertz CT molecular complexity index is 540. The van der Waals surface area contributed by atoms with Crippen molar-refractivity contribution in [2.24, 2.45) is 0 Å². The topological polar surface area (TPSA) is 52.6 Å². The van der Waals surface area contributed by atoms with Gasteiger partial charge in [0.2, 0.25) is 0 Å². The van der Waals surface area contributed by atoms with Crippen LogP contribution in [-0.2, 0) is 13.8 Å². The van der Waals surface area contributed by atoms with Gasteiger partial charge in [-0.15, -0.1) is 0 Å². The summed E-state index contributed by atoms with van der Waals surface area (Å²) in [7, 11) is 3.30. The molecule has 1 atom stereocenters. The van der Waals surface area contributed by atoms with Crippen LogP contribution in [0.5, 0.6) is 5.75 Å². The summed E-state index contributed by atoms with van der Waals surface area (Å²) in [6.07, 6.45) is 0.765. The Hall–Kier alpha value is -0.780. The molecule has 0 saturated heterocycles. The van der Waals surface area contributed by atoms with Crippen LogP contribution in [-0.4, -0.2) is 28.2 Å². The van der Waals surface area contributed by atoms with Gasteiger partial charge in [0.1, 0.15) is 5.75 Å². The molecule has 0 heterocycles. The van der Waals surface area contributed by atoms with Crippen LogP contribution in [0, 0.1) is 13.8 Å². The minimum Gasteiger partial charge on any atom is -0.490 e. The van der Waals surface area contributed by atoms with Crippen LogP contribution in [0.1, 0.15) is 24.5 Å². The molecule has 108 valence electrons. The predicted octanol–water partition coefficient (Wildman–Crippen LogP) is 3.03. The molecule has 0 aliphatic rings. The van der Waals surface area contributed by atoms with E-state index in [4.69, 9.17) is 20.2 Å². The largest absolute Gasteiger partial charge is 0.490 e. The Morgan fingerprint density at radius 1 is 1.26 bits per heavy atom. The number of hydrogen-bond donors (Lipinski definition) is 0. The molecule has 1 aromatic carbocycles. The first kappa shape index (κ1) is 16.3. The number of ether oxygens (including phenoxy) is 2. The van der Waals surface area contributed by atoms with E-state index in [0.717, 1.165) is 12.0 Å². The third kappa shape index (κ3) is 4.67. The Kier molecular flexibility index (Phi) is 5.64. The van der Waals surface area contributed by atoms with Crippen molar-refractivity contribution in [1.29, 1.82) is 0 Å². The maximum Gasteiger partial charge on any atom is 0.261 e. The van der Waals surface area contributed by atoms with Crippen molar-refractivity contribution in [3.8, 4) is 5.75 Å². The second-order valence-electron chi connectivity index (χ2n) is 4.53. The molecule has 0 fully saturated rings. The van der Waals surface area contributed by atoms with E-state index in [2.05, 4.69) is 0 Å². The Labute approximate surface area is 119 Å². The van der Waals surface area contributed by atoms with E-state index in [9.17, 15) is 8.42 Å². The van der Waals surface area contributed by atoms with Crippen molar-refractivity contribution in [3.63, 3.8) is 0 Å². The second-order valence-corrected chi connectivity index (χ2v) is 7.07. The van der Waals surface area contributed by atoms with E-state index in [1.54, 1.807) is 27.0 Å². The van der Waals surface area contributed by atoms with Crippen molar-refractivity contribution in [2.45, 2.75) is 38.2 Å². The summed E-state index contributed by atoms with van der Waals surface area (Å²) in [5.74, 6) is 0.671. The molecule has 0 aliphatic heterocycles. The monoisotopic (exact) mass is 306 g/mol. The highest BCUT2D eigenvalue weighted by Gasteiger charge is 2.16. The number of halogens is 1. The molecule has 1 aromatic rings. The third-order valence-corrected chi connectivity index (χ3v) is 4.26. The molecule has 6 heteroatoms. The van der Waals surface area contributed by atoms with Gasteiger partial charge in [-0.2, -0.15) is 0 Å². The van der Waals surface area contributed by atoms with E-state index in [0.29, 0.717) is 17.9 Å². The van der Waals surface area contributed by atoms with E-state index in [1.807, 2.05) is 6.92 Å². The zero-order chi connectivity index (χ0) is 14.6. The molecule has 4 nitrogen and oxygen atoms in total. The molecule has 0 bridgehead atoms. The second kappa shape index (κ2) is 6.59. The molecule has 1 rings (SSSR count). The molecular formula is C13H19ClO4S. The van der Waals surface area contributed by atoms with Gasteiger partial charge in [0.25, 0.3) is 9.05 Å². The van der Waals surface area contributed by atoms with Crippen LogP contribution >= 0.6 is 10.7 Å². The molecule has 0 radical (unpaired) electrons. The maximum absolute atomic E-state index is 11.4. The lowest BCUT2D eigenvalue weighted by Gasteiger charge is -2.17. The standard InChI is InChI=1S/C13H19ClO4S/c1-9-8-13(19(14,15)16)10(2)7-12(9)18-11(3)5-6-17-4/h7-8,11H,5-6H2,1-4H3. The number of aryl methyl sites for hydroxylation is 2. The summed E-state index contributed by atoms with van der Waals surface area (Å²) in [4.78, 5) is 0.128. The van der Waals surface area contributed by atoms with Crippen LogP contribution < -0.4 is 4.74 Å². The number of rotatable bonds is 6. The average molecular weight is 307 g/mol. The van der Waals surface area contributed by atoms with E-state index < -0.39 is 9.05 Å². The maximum atomic E-state index is 11.4. The fraction of sp³-hybridized carbons (Fsp3) is 0.538. The molecule has 0 spiro atoms. The number of hydrogen-bond acceptors (Lipinski definition) is 4. The summed E-state index contributed by atoms with van der Waals surface area (Å²) < 4.78 is 33.5. The van der Waals surface area contributed by atoms with Gasteiger partial charge in [0.15, 0.2) is 0 Å². The van der Waals surface area contributed by atoms with Crippen LogP contribution in [0.2, 0.25) is 0 Å². The van der Waals surface area contributed by atoms with Crippen molar-refractivity contribution < 1.29 is 17.9 Å². The van der Waals surface area contributed by atoms with Gasteiger partial charge >= 0.3 is 0 Å². The minimum atomic E-state index is -3.72. The van der Waals surface area contributed by atoms with E-state index >= 15 is 0 Å². The van der Waals surface area contributed by atoms with Gasteiger partial charge < -0.3 is 9.47 Å². The summed E-state index contributed by atoms with van der Waals surface area (Å²) in [6.45, 7) is 6.05. The van der Waals surface area contributed by atoms with E-state index in [1.165, 1.54) is 6.07 Å². The number of methoxy groups -OCH3 is 1.